The fourth-order valence-electron chi connectivity index (χ4n) is 3.55. The van der Waals surface area contributed by atoms with E-state index in [1.807, 2.05) is 0 Å². The smallest absolute Gasteiger partial charge is 0.123 e. The molecule has 2 saturated heterocycles. The summed E-state index contributed by atoms with van der Waals surface area (Å²) in [5.74, 6) is -0.397. The minimum Gasteiger partial charge on any atom is -0.385 e. The highest BCUT2D eigenvalue weighted by atomic mass is 19.1. The van der Waals surface area contributed by atoms with Crippen LogP contribution in [0.25, 0.3) is 0 Å². The Bertz CT molecular complexity index is 525. The Hall–Kier alpha value is -1.44. The normalized spacial score (nSPS) is 33.7. The van der Waals surface area contributed by atoms with Crippen molar-refractivity contribution in [2.24, 2.45) is 0 Å². The van der Waals surface area contributed by atoms with Gasteiger partial charge in [0, 0.05) is 17.6 Å². The second-order valence-electron chi connectivity index (χ2n) is 5.73. The van der Waals surface area contributed by atoms with E-state index in [1.54, 1.807) is 0 Å². The highest BCUT2D eigenvalue weighted by molar-refractivity contribution is 5.42. The Labute approximate surface area is 112 Å². The molecule has 0 aliphatic carbocycles. The first-order valence-electron chi connectivity index (χ1n) is 6.79. The molecule has 2 N–H and O–H groups in total. The van der Waals surface area contributed by atoms with E-state index in [0.717, 1.165) is 12.8 Å². The predicted octanol–water partition coefficient (Wildman–Crippen LogP) is 2.19. The zero-order valence-corrected chi connectivity index (χ0v) is 10.7. The molecule has 2 aliphatic rings. The summed E-state index contributed by atoms with van der Waals surface area (Å²) in [5, 5.41) is 23.6. The summed E-state index contributed by atoms with van der Waals surface area (Å²) in [5.41, 5.74) is -0.244. The summed E-state index contributed by atoms with van der Waals surface area (Å²) in [6.07, 6.45) is 4.36. The topological polar surface area (TPSA) is 56.0 Å². The summed E-state index contributed by atoms with van der Waals surface area (Å²) in [6.45, 7) is 0. The van der Waals surface area contributed by atoms with E-state index in [0.29, 0.717) is 24.0 Å². The lowest BCUT2D eigenvalue weighted by Gasteiger charge is -2.45. The van der Waals surface area contributed by atoms with Gasteiger partial charge in [0.2, 0.25) is 0 Å². The van der Waals surface area contributed by atoms with Crippen LogP contribution in [0.4, 0.5) is 4.39 Å². The molecule has 0 radical (unpaired) electrons. The quantitative estimate of drug-likeness (QED) is 0.813. The number of nitrogens with zero attached hydrogens (tertiary/aromatic N) is 1. The molecule has 1 aromatic rings. The summed E-state index contributed by atoms with van der Waals surface area (Å²) in [6, 6.07) is 6.65. The lowest BCUT2D eigenvalue weighted by Crippen LogP contribution is -2.54. The molecule has 0 saturated carbocycles. The van der Waals surface area contributed by atoms with Crippen molar-refractivity contribution < 1.29 is 9.50 Å². The van der Waals surface area contributed by atoms with Crippen molar-refractivity contribution >= 4 is 0 Å². The van der Waals surface area contributed by atoms with Crippen LogP contribution in [-0.2, 0) is 5.60 Å². The maximum absolute atomic E-state index is 13.5. The van der Waals surface area contributed by atoms with Crippen LogP contribution in [0.5, 0.6) is 0 Å². The molecule has 100 valence electrons. The first kappa shape index (κ1) is 12.6. The van der Waals surface area contributed by atoms with E-state index in [1.165, 1.54) is 24.6 Å². The molecule has 0 amide bonds. The predicted molar refractivity (Wildman–Crippen MR) is 68.8 cm³/mol. The van der Waals surface area contributed by atoms with Crippen molar-refractivity contribution in [1.82, 2.24) is 5.32 Å². The molecule has 0 aromatic heterocycles. The van der Waals surface area contributed by atoms with E-state index in [9.17, 15) is 9.50 Å². The molecule has 2 bridgehead atoms. The van der Waals surface area contributed by atoms with E-state index < -0.39 is 11.4 Å². The number of hydrogen-bond donors (Lipinski definition) is 2. The number of rotatable bonds is 1. The van der Waals surface area contributed by atoms with Gasteiger partial charge in [-0.1, -0.05) is 6.42 Å². The molecule has 4 heteroatoms. The summed E-state index contributed by atoms with van der Waals surface area (Å²) in [7, 11) is 0. The molecule has 2 heterocycles. The first-order valence-corrected chi connectivity index (χ1v) is 6.79. The number of benzene rings is 1. The Morgan fingerprint density at radius 2 is 2.00 bits per heavy atom. The van der Waals surface area contributed by atoms with Crippen LogP contribution >= 0.6 is 0 Å². The van der Waals surface area contributed by atoms with Crippen LogP contribution in [0.3, 0.4) is 0 Å². The maximum atomic E-state index is 13.5. The molecular formula is C15H17FN2O. The van der Waals surface area contributed by atoms with E-state index >= 15 is 0 Å². The Morgan fingerprint density at radius 3 is 2.63 bits per heavy atom. The third-order valence-electron chi connectivity index (χ3n) is 4.35. The monoisotopic (exact) mass is 260 g/mol. The standard InChI is InChI=1S/C15H17FN2O/c16-11-5-4-10(9-17)14(6-11)15(19)7-12-2-1-3-13(8-15)18-12/h4-6,12-13,18-19H,1-3,7-8H2. The highest BCUT2D eigenvalue weighted by Crippen LogP contribution is 2.40. The Balaban J connectivity index is 2.00. The van der Waals surface area contributed by atoms with Gasteiger partial charge in [-0.05, 0) is 43.9 Å². The molecule has 2 aliphatic heterocycles. The molecule has 0 spiro atoms. The van der Waals surface area contributed by atoms with Crippen LogP contribution in [0.2, 0.25) is 0 Å². The van der Waals surface area contributed by atoms with Gasteiger partial charge in [-0.15, -0.1) is 0 Å². The molecule has 2 atom stereocenters. The Kier molecular flexibility index (Phi) is 3.04. The van der Waals surface area contributed by atoms with Crippen molar-refractivity contribution in [2.45, 2.75) is 49.8 Å². The molecule has 2 fully saturated rings. The van der Waals surface area contributed by atoms with Gasteiger partial charge in [0.15, 0.2) is 0 Å². The molecule has 19 heavy (non-hydrogen) atoms. The fraction of sp³-hybridized carbons (Fsp3) is 0.533. The average Bonchev–Trinajstić information content (AvgIpc) is 2.38. The van der Waals surface area contributed by atoms with Crippen molar-refractivity contribution in [3.63, 3.8) is 0 Å². The van der Waals surface area contributed by atoms with Crippen LogP contribution in [0.1, 0.15) is 43.2 Å². The number of hydrogen-bond acceptors (Lipinski definition) is 3. The zero-order chi connectivity index (χ0) is 13.5. The number of fused-ring (bicyclic) bond motifs is 2. The van der Waals surface area contributed by atoms with Gasteiger partial charge in [-0.25, -0.2) is 4.39 Å². The minimum atomic E-state index is -1.08. The molecule has 3 rings (SSSR count). The molecule has 3 nitrogen and oxygen atoms in total. The van der Waals surface area contributed by atoms with Gasteiger partial charge in [-0.2, -0.15) is 5.26 Å². The molecule has 1 aromatic carbocycles. The van der Waals surface area contributed by atoms with Crippen LogP contribution in [0.15, 0.2) is 18.2 Å². The highest BCUT2D eigenvalue weighted by Gasteiger charge is 2.42. The van der Waals surface area contributed by atoms with E-state index in [2.05, 4.69) is 11.4 Å². The van der Waals surface area contributed by atoms with Crippen LogP contribution in [0, 0.1) is 17.1 Å². The summed E-state index contributed by atoms with van der Waals surface area (Å²) >= 11 is 0. The number of nitriles is 1. The van der Waals surface area contributed by atoms with Crippen molar-refractivity contribution in [3.8, 4) is 6.07 Å². The van der Waals surface area contributed by atoms with Crippen molar-refractivity contribution in [3.05, 3.63) is 35.1 Å². The first-order chi connectivity index (χ1) is 9.10. The van der Waals surface area contributed by atoms with Crippen molar-refractivity contribution in [2.75, 3.05) is 0 Å². The maximum Gasteiger partial charge on any atom is 0.123 e. The SMILES string of the molecule is N#Cc1ccc(F)cc1C1(O)CC2CCCC(C1)N2. The largest absolute Gasteiger partial charge is 0.385 e. The third kappa shape index (κ3) is 2.24. The fourth-order valence-corrected chi connectivity index (χ4v) is 3.55. The second kappa shape index (κ2) is 4.59. The Morgan fingerprint density at radius 1 is 1.32 bits per heavy atom. The number of nitrogens with one attached hydrogen (secondary N) is 1. The van der Waals surface area contributed by atoms with E-state index in [4.69, 9.17) is 5.26 Å². The van der Waals surface area contributed by atoms with Crippen molar-refractivity contribution in [1.29, 1.82) is 5.26 Å². The zero-order valence-electron chi connectivity index (χ0n) is 10.7. The average molecular weight is 260 g/mol. The van der Waals surface area contributed by atoms with Crippen LogP contribution < -0.4 is 5.32 Å². The molecule has 2 unspecified atom stereocenters. The number of halogens is 1. The van der Waals surface area contributed by atoms with E-state index in [-0.39, 0.29) is 12.1 Å². The lowest BCUT2D eigenvalue weighted by molar-refractivity contribution is -0.0362. The second-order valence-corrected chi connectivity index (χ2v) is 5.73. The van der Waals surface area contributed by atoms with Gasteiger partial charge in [-0.3, -0.25) is 0 Å². The lowest BCUT2D eigenvalue weighted by atomic mass is 9.73. The van der Waals surface area contributed by atoms with Crippen LogP contribution in [-0.4, -0.2) is 17.2 Å². The van der Waals surface area contributed by atoms with Gasteiger partial charge in [0.25, 0.3) is 0 Å². The third-order valence-corrected chi connectivity index (χ3v) is 4.35. The van der Waals surface area contributed by atoms with Gasteiger partial charge < -0.3 is 10.4 Å². The van der Waals surface area contributed by atoms with Gasteiger partial charge in [0.05, 0.1) is 17.2 Å². The number of piperidine rings is 2. The van der Waals surface area contributed by atoms with Gasteiger partial charge in [0.1, 0.15) is 5.82 Å². The molecular weight excluding hydrogens is 243 g/mol. The van der Waals surface area contributed by atoms with Gasteiger partial charge >= 0.3 is 0 Å². The number of aliphatic hydroxyl groups is 1. The summed E-state index contributed by atoms with van der Waals surface area (Å²) < 4.78 is 13.5. The minimum absolute atomic E-state index is 0.271. The summed E-state index contributed by atoms with van der Waals surface area (Å²) in [4.78, 5) is 0.